The molecule has 0 spiro atoms. The lowest BCUT2D eigenvalue weighted by atomic mass is 9.94. The van der Waals surface area contributed by atoms with Crippen molar-refractivity contribution in [1.82, 2.24) is 19.5 Å². The molecule has 11 rings (SSSR count). The summed E-state index contributed by atoms with van der Waals surface area (Å²) in [5, 5.41) is 4.64. The molecule has 4 heteroatoms. The number of aromatic nitrogens is 4. The van der Waals surface area contributed by atoms with Crippen LogP contribution in [-0.4, -0.2) is 19.5 Å². The van der Waals surface area contributed by atoms with Gasteiger partial charge in [-0.1, -0.05) is 194 Å². The quantitative estimate of drug-likeness (QED) is 0.163. The molecule has 0 bridgehead atoms. The van der Waals surface area contributed by atoms with Gasteiger partial charge in [-0.3, -0.25) is 0 Å². The van der Waals surface area contributed by atoms with Crippen LogP contribution in [0.3, 0.4) is 0 Å². The number of nitrogens with zero attached hydrogens (tertiary/aromatic N) is 4. The van der Waals surface area contributed by atoms with E-state index >= 15 is 0 Å². The van der Waals surface area contributed by atoms with Crippen LogP contribution in [0.1, 0.15) is 0 Å². The monoisotopic (exact) mass is 752 g/mol. The third-order valence-electron chi connectivity index (χ3n) is 11.3. The Bertz CT molecular complexity index is 3260. The summed E-state index contributed by atoms with van der Waals surface area (Å²) in [6.07, 6.45) is 0. The molecule has 0 aliphatic carbocycles. The Labute approximate surface area is 342 Å². The molecule has 0 saturated heterocycles. The fourth-order valence-corrected chi connectivity index (χ4v) is 8.56. The Morgan fingerprint density at radius 3 is 1.27 bits per heavy atom. The van der Waals surface area contributed by atoms with Gasteiger partial charge in [0.25, 0.3) is 0 Å². The maximum Gasteiger partial charge on any atom is 0.164 e. The van der Waals surface area contributed by atoms with Crippen molar-refractivity contribution in [3.63, 3.8) is 0 Å². The second kappa shape index (κ2) is 14.5. The predicted octanol–water partition coefficient (Wildman–Crippen LogP) is 14.1. The van der Waals surface area contributed by atoms with Crippen molar-refractivity contribution in [2.75, 3.05) is 0 Å². The normalized spacial score (nSPS) is 11.4. The Kier molecular flexibility index (Phi) is 8.45. The minimum Gasteiger partial charge on any atom is -0.309 e. The maximum absolute atomic E-state index is 5.37. The van der Waals surface area contributed by atoms with Crippen LogP contribution in [0.25, 0.3) is 106 Å². The van der Waals surface area contributed by atoms with Crippen molar-refractivity contribution in [2.24, 2.45) is 0 Å². The summed E-state index contributed by atoms with van der Waals surface area (Å²) in [4.78, 5) is 16.1. The average molecular weight is 753 g/mol. The van der Waals surface area contributed by atoms with Gasteiger partial charge >= 0.3 is 0 Å². The van der Waals surface area contributed by atoms with Gasteiger partial charge in [0.15, 0.2) is 17.5 Å². The molecule has 0 aliphatic rings. The van der Waals surface area contributed by atoms with E-state index in [4.69, 9.17) is 15.0 Å². The van der Waals surface area contributed by atoms with E-state index in [0.29, 0.717) is 17.5 Å². The van der Waals surface area contributed by atoms with Crippen LogP contribution in [-0.2, 0) is 0 Å². The third kappa shape index (κ3) is 6.06. The highest BCUT2D eigenvalue weighted by Gasteiger charge is 2.21. The van der Waals surface area contributed by atoms with Gasteiger partial charge in [0.2, 0.25) is 0 Å². The Morgan fingerprint density at radius 1 is 0.254 bits per heavy atom. The molecule has 0 unspecified atom stereocenters. The van der Waals surface area contributed by atoms with E-state index in [9.17, 15) is 0 Å². The second-order valence-corrected chi connectivity index (χ2v) is 14.8. The van der Waals surface area contributed by atoms with E-state index in [2.05, 4.69) is 217 Å². The first-order valence-corrected chi connectivity index (χ1v) is 20.0. The first kappa shape index (κ1) is 34.3. The lowest BCUT2D eigenvalue weighted by molar-refractivity contribution is 1.07. The lowest BCUT2D eigenvalue weighted by Crippen LogP contribution is -2.03. The molecule has 0 atom stereocenters. The van der Waals surface area contributed by atoms with Gasteiger partial charge in [0.1, 0.15) is 0 Å². The van der Waals surface area contributed by atoms with Gasteiger partial charge in [-0.05, 0) is 62.9 Å². The van der Waals surface area contributed by atoms with Gasteiger partial charge in [-0.15, -0.1) is 0 Å². The van der Waals surface area contributed by atoms with Gasteiger partial charge in [0.05, 0.1) is 16.7 Å². The van der Waals surface area contributed by atoms with E-state index in [-0.39, 0.29) is 0 Å². The van der Waals surface area contributed by atoms with Crippen LogP contribution in [0.15, 0.2) is 218 Å². The van der Waals surface area contributed by atoms with Crippen molar-refractivity contribution in [3.05, 3.63) is 218 Å². The highest BCUT2D eigenvalue weighted by atomic mass is 15.0. The molecular weight excluding hydrogens is 717 g/mol. The first-order chi connectivity index (χ1) is 29.3. The molecular formula is C55H36N4. The number of hydrogen-bond acceptors (Lipinski definition) is 3. The number of benzene rings is 9. The van der Waals surface area contributed by atoms with Crippen LogP contribution in [0, 0.1) is 0 Å². The molecule has 4 nitrogen and oxygen atoms in total. The largest absolute Gasteiger partial charge is 0.309 e. The number of fused-ring (bicyclic) bond motifs is 4. The molecule has 2 heterocycles. The summed E-state index contributed by atoms with van der Waals surface area (Å²) in [6, 6.07) is 76.9. The summed E-state index contributed by atoms with van der Waals surface area (Å²) in [5.41, 5.74) is 12.9. The SMILES string of the molecule is c1ccc(-c2ccccc2-c2nc(-c3ccc(-c4ccccc4)c(-n4c5ccccc5c5ccccc54)c3)nc(-c3ccc(-c4ccccc4)c4ccccc34)n2)cc1. The maximum atomic E-state index is 5.37. The first-order valence-electron chi connectivity index (χ1n) is 20.0. The summed E-state index contributed by atoms with van der Waals surface area (Å²) in [6.45, 7) is 0. The van der Waals surface area contributed by atoms with E-state index in [1.165, 1.54) is 21.9 Å². The fraction of sp³-hybridized carbons (Fsp3) is 0. The average Bonchev–Trinajstić information content (AvgIpc) is 3.66. The van der Waals surface area contributed by atoms with Crippen molar-refractivity contribution < 1.29 is 0 Å². The van der Waals surface area contributed by atoms with Crippen LogP contribution in [0.4, 0.5) is 0 Å². The smallest absolute Gasteiger partial charge is 0.164 e. The number of rotatable bonds is 7. The topological polar surface area (TPSA) is 43.6 Å². The van der Waals surface area contributed by atoms with Crippen LogP contribution >= 0.6 is 0 Å². The highest BCUT2D eigenvalue weighted by Crippen LogP contribution is 2.40. The summed E-state index contributed by atoms with van der Waals surface area (Å²) < 4.78 is 2.39. The van der Waals surface area contributed by atoms with Gasteiger partial charge in [0, 0.05) is 33.0 Å². The summed E-state index contributed by atoms with van der Waals surface area (Å²) in [5.74, 6) is 1.84. The van der Waals surface area contributed by atoms with Gasteiger partial charge < -0.3 is 4.57 Å². The van der Waals surface area contributed by atoms with Crippen LogP contribution in [0.2, 0.25) is 0 Å². The minimum atomic E-state index is 0.603. The zero-order valence-corrected chi connectivity index (χ0v) is 32.1. The number of hydrogen-bond donors (Lipinski definition) is 0. The molecule has 9 aromatic carbocycles. The molecule has 276 valence electrons. The van der Waals surface area contributed by atoms with E-state index in [1.54, 1.807) is 0 Å². The standard InChI is InChI=1S/C55H36N4/c1-4-18-37(19-5-1)41-24-10-13-29-48(41)54-56-53(57-55(58-54)49-35-34-42(38-20-6-2-7-21-38)44-25-11-12-26-45(44)49)40-32-33-43(39-22-8-3-9-23-39)52(36-40)59-50-30-16-14-27-46(50)47-28-15-17-31-51(47)59/h1-36H. The fourth-order valence-electron chi connectivity index (χ4n) is 8.56. The van der Waals surface area contributed by atoms with Gasteiger partial charge in [-0.2, -0.15) is 0 Å². The Hall–Kier alpha value is -7.95. The van der Waals surface area contributed by atoms with Crippen LogP contribution < -0.4 is 0 Å². The molecule has 11 aromatic rings. The molecule has 0 amide bonds. The molecule has 0 N–H and O–H groups in total. The van der Waals surface area contributed by atoms with E-state index in [0.717, 1.165) is 66.4 Å². The van der Waals surface area contributed by atoms with E-state index in [1.807, 2.05) is 6.07 Å². The van der Waals surface area contributed by atoms with Crippen molar-refractivity contribution >= 4 is 32.6 Å². The van der Waals surface area contributed by atoms with Crippen molar-refractivity contribution in [2.45, 2.75) is 0 Å². The predicted molar refractivity (Wildman–Crippen MR) is 244 cm³/mol. The Morgan fingerprint density at radius 2 is 0.661 bits per heavy atom. The molecule has 0 aliphatic heterocycles. The minimum absolute atomic E-state index is 0.603. The zero-order chi connectivity index (χ0) is 39.1. The molecule has 2 aromatic heterocycles. The van der Waals surface area contributed by atoms with Crippen LogP contribution in [0.5, 0.6) is 0 Å². The highest BCUT2D eigenvalue weighted by molar-refractivity contribution is 6.10. The zero-order valence-electron chi connectivity index (χ0n) is 32.1. The van der Waals surface area contributed by atoms with E-state index < -0.39 is 0 Å². The molecule has 0 saturated carbocycles. The Balaban J connectivity index is 1.18. The second-order valence-electron chi connectivity index (χ2n) is 14.8. The third-order valence-corrected chi connectivity index (χ3v) is 11.3. The molecule has 59 heavy (non-hydrogen) atoms. The summed E-state index contributed by atoms with van der Waals surface area (Å²) >= 11 is 0. The summed E-state index contributed by atoms with van der Waals surface area (Å²) in [7, 11) is 0. The molecule has 0 fully saturated rings. The lowest BCUT2D eigenvalue weighted by Gasteiger charge is -2.17. The number of para-hydroxylation sites is 2. The molecule has 0 radical (unpaired) electrons. The van der Waals surface area contributed by atoms with Crippen molar-refractivity contribution in [3.8, 4) is 73.2 Å². The van der Waals surface area contributed by atoms with Gasteiger partial charge in [-0.25, -0.2) is 15.0 Å². The van der Waals surface area contributed by atoms with Crippen molar-refractivity contribution in [1.29, 1.82) is 0 Å².